The Morgan fingerprint density at radius 1 is 1.14 bits per heavy atom. The first-order valence-corrected chi connectivity index (χ1v) is 11.8. The van der Waals surface area contributed by atoms with Crippen molar-refractivity contribution in [2.75, 3.05) is 0 Å². The van der Waals surface area contributed by atoms with E-state index in [1.807, 2.05) is 41.8 Å². The second-order valence-electron chi connectivity index (χ2n) is 7.00. The number of hydrogen-bond acceptors (Lipinski definition) is 6. The molecule has 1 aromatic carbocycles. The first kappa shape index (κ1) is 18.9. The molecule has 1 fully saturated rings. The van der Waals surface area contributed by atoms with Gasteiger partial charge < -0.3 is 4.42 Å². The highest BCUT2D eigenvalue weighted by Gasteiger charge is 2.26. The number of aromatic nitrogens is 4. The smallest absolute Gasteiger partial charge is 0.236 e. The van der Waals surface area contributed by atoms with Crippen LogP contribution in [-0.4, -0.2) is 19.7 Å². The highest BCUT2D eigenvalue weighted by atomic mass is 35.5. The van der Waals surface area contributed by atoms with Gasteiger partial charge in [-0.2, -0.15) is 0 Å². The number of thiophene rings is 1. The molecule has 0 amide bonds. The lowest BCUT2D eigenvalue weighted by atomic mass is 10.2. The minimum Gasteiger partial charge on any atom is -0.444 e. The van der Waals surface area contributed by atoms with Crippen molar-refractivity contribution in [1.29, 1.82) is 0 Å². The number of oxazole rings is 1. The summed E-state index contributed by atoms with van der Waals surface area (Å²) in [5.41, 5.74) is 1.83. The minimum atomic E-state index is 0.415. The van der Waals surface area contributed by atoms with Crippen LogP contribution in [0.25, 0.3) is 22.2 Å². The Morgan fingerprint density at radius 2 is 2.00 bits per heavy atom. The fourth-order valence-corrected chi connectivity index (χ4v) is 5.48. The molecule has 0 aliphatic heterocycles. The van der Waals surface area contributed by atoms with Crippen molar-refractivity contribution in [2.24, 2.45) is 0 Å². The Labute approximate surface area is 182 Å². The first-order chi connectivity index (χ1) is 14.3. The van der Waals surface area contributed by atoms with Crippen LogP contribution in [0.2, 0.25) is 5.02 Å². The van der Waals surface area contributed by atoms with Crippen molar-refractivity contribution >= 4 is 34.7 Å². The van der Waals surface area contributed by atoms with Crippen LogP contribution < -0.4 is 0 Å². The summed E-state index contributed by atoms with van der Waals surface area (Å²) < 4.78 is 7.92. The number of halogens is 1. The molecular weight excluding hydrogens is 424 g/mol. The molecule has 0 unspecified atom stereocenters. The van der Waals surface area contributed by atoms with Gasteiger partial charge in [0.25, 0.3) is 0 Å². The summed E-state index contributed by atoms with van der Waals surface area (Å²) in [5, 5.41) is 12.7. The molecule has 3 heterocycles. The maximum atomic E-state index is 6.46. The summed E-state index contributed by atoms with van der Waals surface area (Å²) in [7, 11) is 0. The molecule has 0 atom stereocenters. The van der Waals surface area contributed by atoms with Gasteiger partial charge in [-0.25, -0.2) is 4.98 Å². The molecule has 148 valence electrons. The Bertz CT molecular complexity index is 1100. The predicted octanol–water partition coefficient (Wildman–Crippen LogP) is 6.72. The van der Waals surface area contributed by atoms with E-state index in [-0.39, 0.29) is 0 Å². The van der Waals surface area contributed by atoms with E-state index in [4.69, 9.17) is 16.0 Å². The van der Waals surface area contributed by atoms with Gasteiger partial charge in [0.15, 0.2) is 11.0 Å². The predicted molar refractivity (Wildman–Crippen MR) is 117 cm³/mol. The molecule has 1 aliphatic rings. The molecular formula is C21H19ClN4OS2. The molecule has 0 radical (unpaired) electrons. The van der Waals surface area contributed by atoms with E-state index >= 15 is 0 Å². The topological polar surface area (TPSA) is 56.7 Å². The third-order valence-corrected chi connectivity index (χ3v) is 7.27. The molecule has 8 heteroatoms. The van der Waals surface area contributed by atoms with Crippen LogP contribution in [0, 0.1) is 0 Å². The first-order valence-electron chi connectivity index (χ1n) is 9.60. The van der Waals surface area contributed by atoms with Crippen molar-refractivity contribution in [3.05, 3.63) is 58.8 Å². The van der Waals surface area contributed by atoms with E-state index in [1.54, 1.807) is 29.4 Å². The number of rotatable bonds is 6. The molecule has 4 aromatic rings. The van der Waals surface area contributed by atoms with Crippen LogP contribution in [0.1, 0.15) is 37.4 Å². The van der Waals surface area contributed by atoms with Crippen LogP contribution in [0.5, 0.6) is 0 Å². The summed E-state index contributed by atoms with van der Waals surface area (Å²) in [4.78, 5) is 5.66. The molecule has 5 rings (SSSR count). The highest BCUT2D eigenvalue weighted by Crippen LogP contribution is 2.38. The third-order valence-electron chi connectivity index (χ3n) is 5.10. The molecule has 3 aromatic heterocycles. The molecule has 1 saturated carbocycles. The van der Waals surface area contributed by atoms with E-state index in [0.29, 0.717) is 22.7 Å². The van der Waals surface area contributed by atoms with E-state index < -0.39 is 0 Å². The molecule has 1 aliphatic carbocycles. The van der Waals surface area contributed by atoms with Crippen LogP contribution in [0.15, 0.2) is 57.6 Å². The summed E-state index contributed by atoms with van der Waals surface area (Å²) in [5.74, 6) is 2.21. The number of thioether (sulfide) groups is 1. The maximum Gasteiger partial charge on any atom is 0.236 e. The average molecular weight is 443 g/mol. The van der Waals surface area contributed by atoms with Crippen molar-refractivity contribution in [2.45, 2.75) is 42.6 Å². The Kier molecular flexibility index (Phi) is 5.44. The molecule has 29 heavy (non-hydrogen) atoms. The largest absolute Gasteiger partial charge is 0.444 e. The molecule has 0 N–H and O–H groups in total. The van der Waals surface area contributed by atoms with Gasteiger partial charge in [-0.15, -0.1) is 21.5 Å². The van der Waals surface area contributed by atoms with Crippen molar-refractivity contribution in [3.8, 4) is 22.2 Å². The monoisotopic (exact) mass is 442 g/mol. The normalized spacial score (nSPS) is 14.7. The van der Waals surface area contributed by atoms with Crippen LogP contribution in [0.3, 0.4) is 0 Å². The number of nitrogens with zero attached hydrogens (tertiary/aromatic N) is 4. The Hall–Kier alpha value is -2.09. The second kappa shape index (κ2) is 8.34. The van der Waals surface area contributed by atoms with Crippen molar-refractivity contribution < 1.29 is 4.42 Å². The van der Waals surface area contributed by atoms with Gasteiger partial charge in [0.1, 0.15) is 6.26 Å². The van der Waals surface area contributed by atoms with Gasteiger partial charge >= 0.3 is 0 Å². The summed E-state index contributed by atoms with van der Waals surface area (Å²) in [6, 6.07) is 12.3. The molecule has 0 bridgehead atoms. The highest BCUT2D eigenvalue weighted by molar-refractivity contribution is 7.98. The molecule has 5 nitrogen and oxygen atoms in total. The maximum absolute atomic E-state index is 6.46. The zero-order valence-electron chi connectivity index (χ0n) is 15.6. The quantitative estimate of drug-likeness (QED) is 0.310. The number of hydrogen-bond donors (Lipinski definition) is 0. The summed E-state index contributed by atoms with van der Waals surface area (Å²) >= 11 is 9.73. The molecule has 0 spiro atoms. The Morgan fingerprint density at radius 3 is 2.79 bits per heavy atom. The molecule has 0 saturated heterocycles. The zero-order chi connectivity index (χ0) is 19.6. The lowest BCUT2D eigenvalue weighted by Crippen LogP contribution is -2.08. The van der Waals surface area contributed by atoms with Gasteiger partial charge in [-0.1, -0.05) is 54.4 Å². The van der Waals surface area contributed by atoms with Crippen LogP contribution in [-0.2, 0) is 5.75 Å². The lowest BCUT2D eigenvalue weighted by Gasteiger charge is -2.17. The second-order valence-corrected chi connectivity index (χ2v) is 9.30. The van der Waals surface area contributed by atoms with Crippen molar-refractivity contribution in [3.63, 3.8) is 0 Å². The number of benzene rings is 1. The fraction of sp³-hybridized carbons (Fsp3) is 0.286. The van der Waals surface area contributed by atoms with Crippen LogP contribution in [0.4, 0.5) is 0 Å². The fourth-order valence-electron chi connectivity index (χ4n) is 3.72. The van der Waals surface area contributed by atoms with Gasteiger partial charge in [0.05, 0.1) is 15.6 Å². The van der Waals surface area contributed by atoms with Gasteiger partial charge in [0, 0.05) is 17.4 Å². The Balaban J connectivity index is 1.42. The lowest BCUT2D eigenvalue weighted by molar-refractivity contribution is 0.485. The SMILES string of the molecule is Clc1ccccc1-c1nnc(SCc2coc(-c3cccs3)n2)n1C1CCCC1. The van der Waals surface area contributed by atoms with E-state index in [2.05, 4.69) is 19.7 Å². The van der Waals surface area contributed by atoms with Crippen molar-refractivity contribution in [1.82, 2.24) is 19.7 Å². The summed E-state index contributed by atoms with van der Waals surface area (Å²) in [6.45, 7) is 0. The van der Waals surface area contributed by atoms with Crippen LogP contribution >= 0.6 is 34.7 Å². The zero-order valence-corrected chi connectivity index (χ0v) is 18.0. The van der Waals surface area contributed by atoms with E-state index in [0.717, 1.165) is 40.0 Å². The van der Waals surface area contributed by atoms with E-state index in [1.165, 1.54) is 12.8 Å². The van der Waals surface area contributed by atoms with E-state index in [9.17, 15) is 0 Å². The standard InChI is InChI=1S/C21H19ClN4OS2/c22-17-9-4-3-8-16(17)19-24-25-21(26(19)15-6-1-2-7-15)29-13-14-12-27-20(23-14)18-10-5-11-28-18/h3-5,8-12,15H,1-2,6-7,13H2. The van der Waals surface area contributed by atoms with Gasteiger partial charge in [-0.05, 0) is 36.4 Å². The summed E-state index contributed by atoms with van der Waals surface area (Å²) in [6.07, 6.45) is 6.50. The third kappa shape index (κ3) is 3.86. The minimum absolute atomic E-state index is 0.415. The average Bonchev–Trinajstić information content (AvgIpc) is 3.54. The van der Waals surface area contributed by atoms with Gasteiger partial charge in [0.2, 0.25) is 5.89 Å². The van der Waals surface area contributed by atoms with Gasteiger partial charge in [-0.3, -0.25) is 4.57 Å².